The van der Waals surface area contributed by atoms with Crippen molar-refractivity contribution in [2.75, 3.05) is 25.0 Å². The van der Waals surface area contributed by atoms with Gasteiger partial charge in [0.2, 0.25) is 5.95 Å². The van der Waals surface area contributed by atoms with E-state index in [1.807, 2.05) is 11.8 Å². The molecule has 3 aromatic heterocycles. The third-order valence-electron chi connectivity index (χ3n) is 6.51. The van der Waals surface area contributed by atoms with Crippen LogP contribution in [0.2, 0.25) is 5.15 Å². The van der Waals surface area contributed by atoms with Gasteiger partial charge in [0.25, 0.3) is 11.5 Å². The summed E-state index contributed by atoms with van der Waals surface area (Å²) in [5.41, 5.74) is 1.49. The van der Waals surface area contributed by atoms with Crippen LogP contribution in [0.3, 0.4) is 0 Å². The van der Waals surface area contributed by atoms with Crippen LogP contribution in [0, 0.1) is 30.5 Å². The number of carbonyl (C=O) groups is 1. The summed E-state index contributed by atoms with van der Waals surface area (Å²) >= 11 is 6.00. The highest BCUT2D eigenvalue weighted by atomic mass is 35.5. The molecule has 1 N–H and O–H groups in total. The van der Waals surface area contributed by atoms with Crippen LogP contribution < -0.4 is 10.9 Å². The average molecular weight is 469 g/mol. The van der Waals surface area contributed by atoms with Gasteiger partial charge >= 0.3 is 0 Å². The van der Waals surface area contributed by atoms with Gasteiger partial charge in [0.1, 0.15) is 5.15 Å². The lowest BCUT2D eigenvalue weighted by molar-refractivity contribution is 0.0768. The number of hydrogen-bond donors (Lipinski definition) is 1. The van der Waals surface area contributed by atoms with Crippen molar-refractivity contribution in [1.29, 1.82) is 0 Å². The number of pyridine rings is 2. The molecule has 1 amide bonds. The van der Waals surface area contributed by atoms with Crippen molar-refractivity contribution in [3.8, 4) is 11.3 Å². The summed E-state index contributed by atoms with van der Waals surface area (Å²) < 4.78 is 15.5. The van der Waals surface area contributed by atoms with E-state index in [0.717, 1.165) is 6.20 Å². The summed E-state index contributed by atoms with van der Waals surface area (Å²) in [7, 11) is 1.63. The van der Waals surface area contributed by atoms with Gasteiger partial charge in [0.05, 0.1) is 11.9 Å². The van der Waals surface area contributed by atoms with Crippen LogP contribution >= 0.6 is 11.6 Å². The molecular weight excluding hydrogens is 447 g/mol. The number of piperidine rings is 1. The monoisotopic (exact) mass is 468 g/mol. The number of amides is 1. The molecule has 2 aliphatic rings. The van der Waals surface area contributed by atoms with Gasteiger partial charge in [-0.1, -0.05) is 11.6 Å². The number of fused-ring (bicyclic) bond motifs is 1. The van der Waals surface area contributed by atoms with Gasteiger partial charge < -0.3 is 10.2 Å². The lowest BCUT2D eigenvalue weighted by Gasteiger charge is -2.20. The molecule has 8 nitrogen and oxygen atoms in total. The first-order valence-electron chi connectivity index (χ1n) is 10.7. The average Bonchev–Trinajstić information content (AvgIpc) is 3.22. The van der Waals surface area contributed by atoms with Crippen molar-refractivity contribution in [2.45, 2.75) is 6.92 Å². The second-order valence-electron chi connectivity index (χ2n) is 8.62. The van der Waals surface area contributed by atoms with E-state index in [0.29, 0.717) is 59.7 Å². The van der Waals surface area contributed by atoms with Gasteiger partial charge in [-0.05, 0) is 42.9 Å². The molecule has 3 aromatic rings. The van der Waals surface area contributed by atoms with Crippen LogP contribution in [-0.4, -0.2) is 50.0 Å². The van der Waals surface area contributed by atoms with E-state index in [1.165, 1.54) is 22.9 Å². The number of aromatic nitrogens is 4. The van der Waals surface area contributed by atoms with Crippen molar-refractivity contribution < 1.29 is 9.18 Å². The van der Waals surface area contributed by atoms with E-state index >= 15 is 0 Å². The topological polar surface area (TPSA) is 93.0 Å². The number of carbonyl (C=O) groups excluding carboxylic acids is 1. The van der Waals surface area contributed by atoms with E-state index in [2.05, 4.69) is 20.3 Å². The minimum Gasteiger partial charge on any atom is -0.355 e. The fraction of sp³-hybridized carbons (Fsp3) is 0.348. The number of hydrogen-bond acceptors (Lipinski definition) is 6. The number of likely N-dealkylation sites (tertiary alicyclic amines) is 1. The highest BCUT2D eigenvalue weighted by Gasteiger charge is 2.56. The Morgan fingerprint density at radius 1 is 1.24 bits per heavy atom. The molecule has 170 valence electrons. The maximum atomic E-state index is 14.1. The second-order valence-corrected chi connectivity index (χ2v) is 9.01. The van der Waals surface area contributed by atoms with Gasteiger partial charge in [-0.3, -0.25) is 19.1 Å². The highest BCUT2D eigenvalue weighted by Crippen LogP contribution is 2.51. The Morgan fingerprint density at radius 2 is 2.00 bits per heavy atom. The van der Waals surface area contributed by atoms with Gasteiger partial charge in [-0.2, -0.15) is 0 Å². The maximum absolute atomic E-state index is 14.1. The number of halogens is 2. The van der Waals surface area contributed by atoms with Crippen LogP contribution in [0.25, 0.3) is 11.3 Å². The third-order valence-corrected chi connectivity index (χ3v) is 6.70. The van der Waals surface area contributed by atoms with Gasteiger partial charge in [0.15, 0.2) is 5.82 Å². The van der Waals surface area contributed by atoms with E-state index in [9.17, 15) is 14.0 Å². The second kappa shape index (κ2) is 8.22. The zero-order valence-electron chi connectivity index (χ0n) is 18.1. The van der Waals surface area contributed by atoms with Gasteiger partial charge in [-0.15, -0.1) is 0 Å². The molecule has 0 aromatic carbocycles. The van der Waals surface area contributed by atoms with Crippen LogP contribution in [0.15, 0.2) is 41.5 Å². The van der Waals surface area contributed by atoms with Crippen molar-refractivity contribution in [3.05, 3.63) is 69.2 Å². The summed E-state index contributed by atoms with van der Waals surface area (Å²) in [5, 5.41) is 3.57. The Kier molecular flexibility index (Phi) is 5.36. The Hall–Kier alpha value is -3.33. The zero-order valence-corrected chi connectivity index (χ0v) is 18.9. The Bertz CT molecular complexity index is 1280. The molecule has 0 spiro atoms. The fourth-order valence-electron chi connectivity index (χ4n) is 4.68. The minimum absolute atomic E-state index is 0.0301. The van der Waals surface area contributed by atoms with E-state index < -0.39 is 5.82 Å². The van der Waals surface area contributed by atoms with Crippen LogP contribution in [0.5, 0.6) is 0 Å². The summed E-state index contributed by atoms with van der Waals surface area (Å²) in [6.07, 6.45) is 2.56. The fourth-order valence-corrected chi connectivity index (χ4v) is 4.93. The van der Waals surface area contributed by atoms with Gasteiger partial charge in [0, 0.05) is 55.8 Å². The molecule has 1 aliphatic heterocycles. The van der Waals surface area contributed by atoms with Crippen LogP contribution in [-0.2, 0) is 7.05 Å². The number of rotatable bonds is 5. The molecule has 1 aliphatic carbocycles. The molecule has 10 heteroatoms. The number of aryl methyl sites for hydroxylation is 1. The molecule has 1 saturated carbocycles. The molecule has 33 heavy (non-hydrogen) atoms. The first-order valence-corrected chi connectivity index (χ1v) is 11.0. The third kappa shape index (κ3) is 4.08. The summed E-state index contributed by atoms with van der Waals surface area (Å²) in [6, 6.07) is 6.16. The Morgan fingerprint density at radius 3 is 2.70 bits per heavy atom. The smallest absolute Gasteiger partial charge is 0.255 e. The Labute approximate surface area is 194 Å². The van der Waals surface area contributed by atoms with Crippen molar-refractivity contribution >= 4 is 23.5 Å². The predicted molar refractivity (Wildman–Crippen MR) is 122 cm³/mol. The number of nitrogens with one attached hydrogen (secondary N) is 1. The molecule has 0 radical (unpaired) electrons. The van der Waals surface area contributed by atoms with Crippen molar-refractivity contribution in [1.82, 2.24) is 24.4 Å². The van der Waals surface area contributed by atoms with E-state index in [-0.39, 0.29) is 22.7 Å². The number of nitrogens with zero attached hydrogens (tertiary/aromatic N) is 5. The summed E-state index contributed by atoms with van der Waals surface area (Å²) in [6.45, 7) is 3.80. The molecule has 4 heterocycles. The SMILES string of the molecule is Cc1cc(C(=O)N2CC3C(CNc4nc(-c5ccncc5F)cc(=O)n4C)C3C2)cc(Cl)n1. The standard InChI is InChI=1S/C23H22ClFN6O2/c1-12-5-13(6-20(24)28-12)22(33)31-10-16-15(17(16)11-31)8-27-23-29-19(7-21(32)30(23)2)14-3-4-26-9-18(14)25/h3-7,9,15-17H,8,10-11H2,1-2H3,(H,27,29). The Balaban J connectivity index is 1.23. The number of anilines is 1. The quantitative estimate of drug-likeness (QED) is 0.579. The first-order chi connectivity index (χ1) is 15.8. The largest absolute Gasteiger partial charge is 0.355 e. The lowest BCUT2D eigenvalue weighted by Crippen LogP contribution is -2.32. The first kappa shape index (κ1) is 21.5. The normalized spacial score (nSPS) is 21.1. The van der Waals surface area contributed by atoms with E-state index in [4.69, 9.17) is 11.6 Å². The molecule has 2 unspecified atom stereocenters. The molecular formula is C23H22ClFN6O2. The minimum atomic E-state index is -0.531. The van der Waals surface area contributed by atoms with Crippen molar-refractivity contribution in [3.63, 3.8) is 0 Å². The molecule has 1 saturated heterocycles. The molecule has 2 atom stereocenters. The molecule has 2 fully saturated rings. The zero-order chi connectivity index (χ0) is 23.3. The molecule has 5 rings (SSSR count). The lowest BCUT2D eigenvalue weighted by atomic mass is 10.2. The molecule has 0 bridgehead atoms. The van der Waals surface area contributed by atoms with Gasteiger partial charge in [-0.25, -0.2) is 14.4 Å². The van der Waals surface area contributed by atoms with Crippen LogP contribution in [0.4, 0.5) is 10.3 Å². The van der Waals surface area contributed by atoms with Crippen molar-refractivity contribution in [2.24, 2.45) is 24.8 Å². The van der Waals surface area contributed by atoms with Crippen LogP contribution in [0.1, 0.15) is 16.1 Å². The maximum Gasteiger partial charge on any atom is 0.255 e. The van der Waals surface area contributed by atoms with E-state index in [1.54, 1.807) is 19.2 Å². The highest BCUT2D eigenvalue weighted by molar-refractivity contribution is 6.29. The summed E-state index contributed by atoms with van der Waals surface area (Å²) in [4.78, 5) is 39.4. The predicted octanol–water partition coefficient (Wildman–Crippen LogP) is 2.77. The summed E-state index contributed by atoms with van der Waals surface area (Å²) in [5.74, 6) is 1.01.